The van der Waals surface area contributed by atoms with Crippen LogP contribution in [0.15, 0.2) is 12.1 Å². The van der Waals surface area contributed by atoms with Crippen molar-refractivity contribution in [2.45, 2.75) is 19.9 Å². The minimum atomic E-state index is -0.139. The molecule has 0 saturated carbocycles. The van der Waals surface area contributed by atoms with Crippen LogP contribution >= 0.6 is 11.6 Å². The Kier molecular flexibility index (Phi) is 4.32. The summed E-state index contributed by atoms with van der Waals surface area (Å²) in [5.74, 6) is 1.74. The number of aliphatic hydroxyl groups is 1. The van der Waals surface area contributed by atoms with Gasteiger partial charge in [-0.15, -0.1) is 0 Å². The summed E-state index contributed by atoms with van der Waals surface area (Å²) in [6.07, 6.45) is 0. The molecule has 1 aromatic rings. The van der Waals surface area contributed by atoms with Gasteiger partial charge in [0.25, 0.3) is 0 Å². The second kappa shape index (κ2) is 5.78. The third-order valence-electron chi connectivity index (χ3n) is 2.81. The Balaban J connectivity index is 2.18. The van der Waals surface area contributed by atoms with Crippen molar-refractivity contribution >= 4 is 11.6 Å². The molecule has 1 aliphatic rings. The maximum Gasteiger partial charge on any atom is 0.231 e. The predicted molar refractivity (Wildman–Crippen MR) is 70.2 cm³/mol. The summed E-state index contributed by atoms with van der Waals surface area (Å²) in [7, 11) is 0. The third-order valence-corrected chi connectivity index (χ3v) is 3.09. The normalized spacial score (nSPS) is 15.2. The molecule has 0 amide bonds. The predicted octanol–water partition coefficient (Wildman–Crippen LogP) is 2.35. The lowest BCUT2D eigenvalue weighted by molar-refractivity contribution is 0.174. The molecule has 1 heterocycles. The van der Waals surface area contributed by atoms with E-state index in [9.17, 15) is 5.11 Å². The largest absolute Gasteiger partial charge is 0.454 e. The van der Waals surface area contributed by atoms with E-state index in [0.29, 0.717) is 22.4 Å². The zero-order valence-electron chi connectivity index (χ0n) is 10.6. The Labute approximate surface area is 112 Å². The highest BCUT2D eigenvalue weighted by Crippen LogP contribution is 2.40. The first-order chi connectivity index (χ1) is 8.61. The number of halogens is 1. The number of ether oxygens (including phenoxy) is 2. The Morgan fingerprint density at radius 3 is 2.83 bits per heavy atom. The van der Waals surface area contributed by atoms with Crippen molar-refractivity contribution < 1.29 is 14.6 Å². The van der Waals surface area contributed by atoms with Crippen molar-refractivity contribution in [3.05, 3.63) is 22.7 Å². The molecule has 0 saturated heterocycles. The van der Waals surface area contributed by atoms with Gasteiger partial charge in [-0.1, -0.05) is 25.4 Å². The van der Waals surface area contributed by atoms with Gasteiger partial charge in [-0.05, 0) is 30.2 Å². The molecule has 1 aromatic carbocycles. The molecule has 0 aromatic heterocycles. The molecule has 1 aliphatic heterocycles. The number of fused-ring (bicyclic) bond motifs is 1. The number of benzene rings is 1. The Morgan fingerprint density at radius 1 is 1.39 bits per heavy atom. The molecular weight excluding hydrogens is 254 g/mol. The van der Waals surface area contributed by atoms with Crippen LogP contribution in [-0.4, -0.2) is 25.1 Å². The average molecular weight is 272 g/mol. The molecule has 1 unspecified atom stereocenters. The summed E-state index contributed by atoms with van der Waals surface area (Å²) >= 11 is 6.12. The average Bonchev–Trinajstić information content (AvgIpc) is 2.78. The van der Waals surface area contributed by atoms with Gasteiger partial charge in [0, 0.05) is 0 Å². The number of aliphatic hydroxyl groups excluding tert-OH is 1. The van der Waals surface area contributed by atoms with E-state index >= 15 is 0 Å². The first kappa shape index (κ1) is 13.5. The first-order valence-electron chi connectivity index (χ1n) is 6.05. The van der Waals surface area contributed by atoms with Crippen LogP contribution < -0.4 is 14.8 Å². The van der Waals surface area contributed by atoms with Gasteiger partial charge >= 0.3 is 0 Å². The van der Waals surface area contributed by atoms with Crippen LogP contribution in [0.5, 0.6) is 11.5 Å². The first-order valence-corrected chi connectivity index (χ1v) is 6.43. The summed E-state index contributed by atoms with van der Waals surface area (Å²) in [5.41, 5.74) is 0.910. The minimum absolute atomic E-state index is 0.0166. The van der Waals surface area contributed by atoms with Crippen LogP contribution in [0, 0.1) is 5.92 Å². The van der Waals surface area contributed by atoms with Crippen molar-refractivity contribution in [1.29, 1.82) is 0 Å². The molecule has 100 valence electrons. The molecular formula is C13H18ClNO3. The molecule has 4 nitrogen and oxygen atoms in total. The van der Waals surface area contributed by atoms with E-state index in [0.717, 1.165) is 12.1 Å². The highest BCUT2D eigenvalue weighted by atomic mass is 35.5. The fourth-order valence-electron chi connectivity index (χ4n) is 1.85. The van der Waals surface area contributed by atoms with Crippen LogP contribution in [0.3, 0.4) is 0 Å². The summed E-state index contributed by atoms with van der Waals surface area (Å²) in [4.78, 5) is 0. The van der Waals surface area contributed by atoms with E-state index in [2.05, 4.69) is 19.2 Å². The fraction of sp³-hybridized carbons (Fsp3) is 0.538. The molecule has 1 atom stereocenters. The zero-order chi connectivity index (χ0) is 13.1. The van der Waals surface area contributed by atoms with E-state index in [1.54, 1.807) is 0 Å². The number of rotatable bonds is 5. The Bertz CT molecular complexity index is 423. The van der Waals surface area contributed by atoms with Gasteiger partial charge in [-0.2, -0.15) is 0 Å². The molecule has 0 spiro atoms. The summed E-state index contributed by atoms with van der Waals surface area (Å²) in [6, 6.07) is 3.53. The third kappa shape index (κ3) is 2.88. The van der Waals surface area contributed by atoms with Crippen LogP contribution in [0.2, 0.25) is 5.02 Å². The lowest BCUT2D eigenvalue weighted by Crippen LogP contribution is -2.27. The van der Waals surface area contributed by atoms with Crippen LogP contribution in [-0.2, 0) is 0 Å². The number of nitrogens with one attached hydrogen (secondary N) is 1. The highest BCUT2D eigenvalue weighted by molar-refractivity contribution is 6.32. The summed E-state index contributed by atoms with van der Waals surface area (Å²) in [5, 5.41) is 13.3. The van der Waals surface area contributed by atoms with Gasteiger partial charge in [0.1, 0.15) is 0 Å². The zero-order valence-corrected chi connectivity index (χ0v) is 11.3. The molecule has 0 aliphatic carbocycles. The second-order valence-electron chi connectivity index (χ2n) is 4.77. The van der Waals surface area contributed by atoms with Crippen LogP contribution in [0.1, 0.15) is 25.5 Å². The van der Waals surface area contributed by atoms with Crippen molar-refractivity contribution in [3.63, 3.8) is 0 Å². The Morgan fingerprint density at radius 2 is 2.17 bits per heavy atom. The number of hydrogen-bond acceptors (Lipinski definition) is 4. The van der Waals surface area contributed by atoms with Gasteiger partial charge in [-0.25, -0.2) is 0 Å². The van der Waals surface area contributed by atoms with E-state index < -0.39 is 0 Å². The smallest absolute Gasteiger partial charge is 0.231 e. The minimum Gasteiger partial charge on any atom is -0.454 e. The molecule has 2 N–H and O–H groups in total. The van der Waals surface area contributed by atoms with Crippen LogP contribution in [0.4, 0.5) is 0 Å². The van der Waals surface area contributed by atoms with Gasteiger partial charge < -0.3 is 19.9 Å². The summed E-state index contributed by atoms with van der Waals surface area (Å²) < 4.78 is 10.6. The molecule has 2 rings (SSSR count). The Hall–Kier alpha value is -0.970. The highest BCUT2D eigenvalue weighted by Gasteiger charge is 2.21. The number of hydrogen-bond donors (Lipinski definition) is 2. The quantitative estimate of drug-likeness (QED) is 0.863. The van der Waals surface area contributed by atoms with Gasteiger partial charge in [0.2, 0.25) is 6.79 Å². The van der Waals surface area contributed by atoms with Gasteiger partial charge in [0.05, 0.1) is 17.7 Å². The monoisotopic (exact) mass is 271 g/mol. The van der Waals surface area contributed by atoms with Crippen molar-refractivity contribution in [1.82, 2.24) is 5.32 Å². The van der Waals surface area contributed by atoms with Gasteiger partial charge in [-0.3, -0.25) is 0 Å². The second-order valence-corrected chi connectivity index (χ2v) is 5.18. The molecule has 5 heteroatoms. The standard InChI is InChI=1S/C13H18ClNO3/c1-8(2)5-15-11(6-16)9-3-10(14)13-12(4-9)17-7-18-13/h3-4,8,11,15-16H,5-7H2,1-2H3. The molecule has 0 radical (unpaired) electrons. The van der Waals surface area contributed by atoms with E-state index in [1.165, 1.54) is 0 Å². The fourth-order valence-corrected chi connectivity index (χ4v) is 2.13. The topological polar surface area (TPSA) is 50.7 Å². The van der Waals surface area contributed by atoms with E-state index in [-0.39, 0.29) is 19.4 Å². The van der Waals surface area contributed by atoms with Crippen LogP contribution in [0.25, 0.3) is 0 Å². The lowest BCUT2D eigenvalue weighted by atomic mass is 10.1. The van der Waals surface area contributed by atoms with Crippen molar-refractivity contribution in [3.8, 4) is 11.5 Å². The maximum absolute atomic E-state index is 9.45. The molecule has 18 heavy (non-hydrogen) atoms. The van der Waals surface area contributed by atoms with Crippen molar-refractivity contribution in [2.75, 3.05) is 19.9 Å². The summed E-state index contributed by atoms with van der Waals surface area (Å²) in [6.45, 7) is 5.28. The maximum atomic E-state index is 9.45. The van der Waals surface area contributed by atoms with E-state index in [4.69, 9.17) is 21.1 Å². The SMILES string of the molecule is CC(C)CNC(CO)c1cc(Cl)c2c(c1)OCO2. The molecule has 0 fully saturated rings. The van der Waals surface area contributed by atoms with E-state index in [1.807, 2.05) is 12.1 Å². The van der Waals surface area contributed by atoms with Gasteiger partial charge in [0.15, 0.2) is 11.5 Å². The lowest BCUT2D eigenvalue weighted by Gasteiger charge is -2.19. The molecule has 0 bridgehead atoms. The van der Waals surface area contributed by atoms with Crippen molar-refractivity contribution in [2.24, 2.45) is 5.92 Å².